The summed E-state index contributed by atoms with van der Waals surface area (Å²) in [7, 11) is 0. The Labute approximate surface area is 178 Å². The summed E-state index contributed by atoms with van der Waals surface area (Å²) in [6, 6.07) is 0. The molecule has 1 rings (SSSR count). The molecule has 0 aromatic carbocycles. The second kappa shape index (κ2) is 19.2. The monoisotopic (exact) mass is 410 g/mol. The summed E-state index contributed by atoms with van der Waals surface area (Å²) in [5.41, 5.74) is 0.0397. The van der Waals surface area contributed by atoms with Crippen molar-refractivity contribution >= 4 is 17.7 Å². The quantitative estimate of drug-likeness (QED) is 0.316. The van der Waals surface area contributed by atoms with Crippen LogP contribution in [0.4, 0.5) is 0 Å². The summed E-state index contributed by atoms with van der Waals surface area (Å²) in [4.78, 5) is 33.4. The zero-order valence-corrected chi connectivity index (χ0v) is 20.0. The molecule has 0 N–H and O–H groups in total. The highest BCUT2D eigenvalue weighted by molar-refractivity contribution is 5.91. The van der Waals surface area contributed by atoms with Crippen molar-refractivity contribution in [2.75, 3.05) is 6.61 Å². The first-order valence-corrected chi connectivity index (χ1v) is 10.5. The van der Waals surface area contributed by atoms with Crippen LogP contribution in [0, 0.1) is 5.92 Å². The van der Waals surface area contributed by atoms with Crippen molar-refractivity contribution in [1.29, 1.82) is 0 Å². The Morgan fingerprint density at radius 2 is 1.72 bits per heavy atom. The molecule has 0 heterocycles. The molecule has 1 aliphatic rings. The molecule has 0 bridgehead atoms. The summed E-state index contributed by atoms with van der Waals surface area (Å²) >= 11 is 0. The van der Waals surface area contributed by atoms with Gasteiger partial charge in [-0.2, -0.15) is 0 Å². The number of rotatable bonds is 5. The number of Topliss-reactive ketones (excluding diaryl/α,β-unsaturated/α-hetero) is 1. The summed E-state index contributed by atoms with van der Waals surface area (Å²) in [6.45, 7) is 21.1. The number of hydrogen-bond donors (Lipinski definition) is 0. The molecule has 0 amide bonds. The number of carbonyl (C=O) groups is 3. The molecule has 1 unspecified atom stereocenters. The summed E-state index contributed by atoms with van der Waals surface area (Å²) < 4.78 is 9.96. The van der Waals surface area contributed by atoms with Crippen LogP contribution < -0.4 is 0 Å². The van der Waals surface area contributed by atoms with E-state index in [0.29, 0.717) is 31.4 Å². The molecule has 0 aromatic heterocycles. The summed E-state index contributed by atoms with van der Waals surface area (Å²) in [5.74, 6) is -0.563. The highest BCUT2D eigenvalue weighted by Crippen LogP contribution is 2.24. The largest absolute Gasteiger partial charge is 0.462 e. The third-order valence-corrected chi connectivity index (χ3v) is 3.19. The average molecular weight is 411 g/mol. The van der Waals surface area contributed by atoms with Crippen LogP contribution in [-0.2, 0) is 23.9 Å². The number of allylic oxidation sites excluding steroid dienone is 3. The second-order valence-electron chi connectivity index (χ2n) is 6.58. The molecule has 1 atom stereocenters. The van der Waals surface area contributed by atoms with Gasteiger partial charge in [-0.15, -0.1) is 0 Å². The first-order chi connectivity index (χ1) is 13.6. The van der Waals surface area contributed by atoms with Gasteiger partial charge < -0.3 is 9.47 Å². The predicted molar refractivity (Wildman–Crippen MR) is 121 cm³/mol. The molecule has 1 aliphatic carbocycles. The van der Waals surface area contributed by atoms with Crippen LogP contribution in [0.5, 0.6) is 0 Å². The zero-order valence-electron chi connectivity index (χ0n) is 20.0. The van der Waals surface area contributed by atoms with Crippen LogP contribution in [0.15, 0.2) is 36.5 Å². The maximum absolute atomic E-state index is 11.4. The van der Waals surface area contributed by atoms with Crippen LogP contribution in [-0.4, -0.2) is 29.9 Å². The molecule has 0 saturated heterocycles. The highest BCUT2D eigenvalue weighted by atomic mass is 16.6. The van der Waals surface area contributed by atoms with E-state index in [1.807, 2.05) is 61.5 Å². The van der Waals surface area contributed by atoms with Crippen molar-refractivity contribution in [2.45, 2.75) is 87.2 Å². The Bertz CT molecular complexity index is 536. The number of carbonyl (C=O) groups excluding carboxylic acids is 3. The fourth-order valence-corrected chi connectivity index (χ4v) is 2.03. The van der Waals surface area contributed by atoms with E-state index in [2.05, 4.69) is 6.58 Å². The number of esters is 2. The number of ether oxygens (including phenoxy) is 2. The molecule has 5 heteroatoms. The summed E-state index contributed by atoms with van der Waals surface area (Å²) in [6.07, 6.45) is 8.33. The molecule has 5 nitrogen and oxygen atoms in total. The van der Waals surface area contributed by atoms with E-state index >= 15 is 0 Å². The molecule has 0 radical (unpaired) electrons. The normalized spacial score (nSPS) is 15.7. The first kappa shape index (κ1) is 31.5. The van der Waals surface area contributed by atoms with Gasteiger partial charge >= 0.3 is 11.9 Å². The lowest BCUT2D eigenvalue weighted by atomic mass is 10.1. The predicted octanol–water partition coefficient (Wildman–Crippen LogP) is 5.99. The standard InChI is InChI=1S/C10H16O3.C10H14O2.2C2H6/c1-10(2,3)13-9(12)7-4-5-8(11)6-7;1-4-7-8-9(5-2)10(11)12-6-3;2*1-2/h7H,4-6H2,1-3H3;4-5,7-8H,2,6H2,1,3H3;2*1-2H3/b;7-4-,9-8+;;. The molecular formula is C24H42O5. The Hall–Kier alpha value is -2.17. The van der Waals surface area contributed by atoms with E-state index in [4.69, 9.17) is 9.47 Å². The van der Waals surface area contributed by atoms with Gasteiger partial charge in [-0.25, -0.2) is 4.79 Å². The second-order valence-corrected chi connectivity index (χ2v) is 6.58. The van der Waals surface area contributed by atoms with Crippen LogP contribution >= 0.6 is 0 Å². The number of ketones is 1. The van der Waals surface area contributed by atoms with Gasteiger partial charge in [0.1, 0.15) is 11.4 Å². The molecule has 29 heavy (non-hydrogen) atoms. The van der Waals surface area contributed by atoms with Crippen molar-refractivity contribution < 1.29 is 23.9 Å². The van der Waals surface area contributed by atoms with Crippen molar-refractivity contribution in [3.63, 3.8) is 0 Å². The molecule has 168 valence electrons. The first-order valence-electron chi connectivity index (χ1n) is 10.5. The van der Waals surface area contributed by atoms with Gasteiger partial charge in [-0.05, 0) is 47.1 Å². The lowest BCUT2D eigenvalue weighted by Gasteiger charge is -2.21. The van der Waals surface area contributed by atoms with Gasteiger partial charge in [0.2, 0.25) is 0 Å². The van der Waals surface area contributed by atoms with E-state index in [1.54, 1.807) is 19.1 Å². The summed E-state index contributed by atoms with van der Waals surface area (Å²) in [5, 5.41) is 0. The van der Waals surface area contributed by atoms with Crippen LogP contribution in [0.2, 0.25) is 0 Å². The van der Waals surface area contributed by atoms with Gasteiger partial charge in [0.15, 0.2) is 0 Å². The minimum Gasteiger partial charge on any atom is -0.462 e. The Balaban J connectivity index is -0.000000399. The topological polar surface area (TPSA) is 69.7 Å². The van der Waals surface area contributed by atoms with Crippen LogP contribution in [0.25, 0.3) is 0 Å². The molecule has 0 spiro atoms. The maximum Gasteiger partial charge on any atom is 0.338 e. The average Bonchev–Trinajstić information content (AvgIpc) is 3.12. The smallest absolute Gasteiger partial charge is 0.338 e. The van der Waals surface area contributed by atoms with Gasteiger partial charge in [0, 0.05) is 12.8 Å². The Kier molecular flexibility index (Phi) is 20.8. The molecular weight excluding hydrogens is 368 g/mol. The van der Waals surface area contributed by atoms with Crippen molar-refractivity contribution in [1.82, 2.24) is 0 Å². The Morgan fingerprint density at radius 3 is 2.07 bits per heavy atom. The van der Waals surface area contributed by atoms with Crippen LogP contribution in [0.1, 0.15) is 81.6 Å². The third kappa shape index (κ3) is 17.6. The minimum absolute atomic E-state index is 0.177. The Morgan fingerprint density at radius 1 is 1.17 bits per heavy atom. The third-order valence-electron chi connectivity index (χ3n) is 3.19. The fraction of sp³-hybridized carbons (Fsp3) is 0.625. The zero-order chi connectivity index (χ0) is 23.5. The van der Waals surface area contributed by atoms with Crippen molar-refractivity contribution in [2.24, 2.45) is 5.92 Å². The van der Waals surface area contributed by atoms with Gasteiger partial charge in [-0.3, -0.25) is 9.59 Å². The van der Waals surface area contributed by atoms with Gasteiger partial charge in [-0.1, -0.05) is 52.5 Å². The van der Waals surface area contributed by atoms with E-state index in [-0.39, 0.29) is 23.6 Å². The van der Waals surface area contributed by atoms with E-state index < -0.39 is 5.60 Å². The van der Waals surface area contributed by atoms with Crippen molar-refractivity contribution in [3.05, 3.63) is 36.5 Å². The fourth-order valence-electron chi connectivity index (χ4n) is 2.03. The van der Waals surface area contributed by atoms with E-state index in [1.165, 1.54) is 6.08 Å². The lowest BCUT2D eigenvalue weighted by molar-refractivity contribution is -0.160. The SMILES string of the molecule is C=C/C(=C\C=C/C)C(=O)OCC.CC.CC.CC(C)(C)OC(=O)C1CCC(=O)C1. The maximum atomic E-state index is 11.4. The lowest BCUT2D eigenvalue weighted by Crippen LogP contribution is -2.27. The molecule has 0 aromatic rings. The molecule has 1 saturated carbocycles. The molecule has 1 fully saturated rings. The highest BCUT2D eigenvalue weighted by Gasteiger charge is 2.31. The van der Waals surface area contributed by atoms with Gasteiger partial charge in [0.05, 0.1) is 18.1 Å². The van der Waals surface area contributed by atoms with E-state index in [0.717, 1.165) is 0 Å². The van der Waals surface area contributed by atoms with Crippen molar-refractivity contribution in [3.8, 4) is 0 Å². The van der Waals surface area contributed by atoms with Gasteiger partial charge in [0.25, 0.3) is 0 Å². The van der Waals surface area contributed by atoms with Crippen LogP contribution in [0.3, 0.4) is 0 Å². The van der Waals surface area contributed by atoms with E-state index in [9.17, 15) is 14.4 Å². The number of hydrogen-bond acceptors (Lipinski definition) is 5. The molecule has 0 aliphatic heterocycles. The minimum atomic E-state index is -0.442.